The van der Waals surface area contributed by atoms with Gasteiger partial charge in [0.1, 0.15) is 36.1 Å². The maximum atomic E-state index is 12.7. The molecule has 0 amide bonds. The highest BCUT2D eigenvalue weighted by Crippen LogP contribution is 2.69. The van der Waals surface area contributed by atoms with E-state index in [0.717, 1.165) is 19.3 Å². The van der Waals surface area contributed by atoms with Crippen molar-refractivity contribution >= 4 is 5.97 Å². The van der Waals surface area contributed by atoms with Crippen molar-refractivity contribution in [1.82, 2.24) is 0 Å². The fourth-order valence-electron chi connectivity index (χ4n) is 8.57. The standard InChI is InChI=1S/C25H40O9/c1-22(2)13-6-10-25-14(5-8-24(4,20(25)30)21(31)34-25)23(13,3)9-7-15(22)33-19-18(29)17(28)16(27)12(11-26)32-19/h12-20,26-30H,5-11H2,1-4H3. The van der Waals surface area contributed by atoms with Gasteiger partial charge in [0.15, 0.2) is 6.29 Å². The van der Waals surface area contributed by atoms with Crippen molar-refractivity contribution in [3.63, 3.8) is 0 Å². The summed E-state index contributed by atoms with van der Waals surface area (Å²) >= 11 is 0. The molecule has 3 saturated carbocycles. The summed E-state index contributed by atoms with van der Waals surface area (Å²) in [4.78, 5) is 12.7. The molecule has 5 aliphatic rings. The lowest BCUT2D eigenvalue weighted by Gasteiger charge is -2.65. The third-order valence-electron chi connectivity index (χ3n) is 10.6. The quantitative estimate of drug-likeness (QED) is 0.285. The average Bonchev–Trinajstić information content (AvgIpc) is 2.88. The highest BCUT2D eigenvalue weighted by Gasteiger charge is 2.74. The third-order valence-corrected chi connectivity index (χ3v) is 10.6. The maximum absolute atomic E-state index is 12.7. The predicted octanol–water partition coefficient (Wildman–Crippen LogP) is 0.481. The van der Waals surface area contributed by atoms with Crippen molar-refractivity contribution in [1.29, 1.82) is 0 Å². The Bertz CT molecular complexity index is 831. The van der Waals surface area contributed by atoms with Gasteiger partial charge in [-0.05, 0) is 62.2 Å². The van der Waals surface area contributed by atoms with Crippen LogP contribution in [0.25, 0.3) is 0 Å². The van der Waals surface area contributed by atoms with Crippen molar-refractivity contribution in [2.24, 2.45) is 28.1 Å². The molecule has 2 aliphatic heterocycles. The first kappa shape index (κ1) is 24.9. The van der Waals surface area contributed by atoms with Crippen LogP contribution in [-0.2, 0) is 19.0 Å². The van der Waals surface area contributed by atoms with Crippen LogP contribution in [0, 0.1) is 28.1 Å². The van der Waals surface area contributed by atoms with Crippen molar-refractivity contribution < 1.29 is 44.5 Å². The van der Waals surface area contributed by atoms with Crippen LogP contribution in [0.5, 0.6) is 0 Å². The molecule has 12 atom stereocenters. The van der Waals surface area contributed by atoms with E-state index in [9.17, 15) is 30.3 Å². The Morgan fingerprint density at radius 2 is 1.59 bits per heavy atom. The number of carbonyl (C=O) groups is 1. The molecular formula is C25H40O9. The van der Waals surface area contributed by atoms with E-state index in [1.807, 2.05) is 6.92 Å². The van der Waals surface area contributed by atoms with E-state index < -0.39 is 54.4 Å². The molecule has 9 nitrogen and oxygen atoms in total. The van der Waals surface area contributed by atoms with E-state index in [1.165, 1.54) is 0 Å². The molecule has 9 heteroatoms. The van der Waals surface area contributed by atoms with Gasteiger partial charge in [0.2, 0.25) is 0 Å². The van der Waals surface area contributed by atoms with Gasteiger partial charge in [0.25, 0.3) is 0 Å². The molecule has 0 aromatic carbocycles. The molecule has 1 spiro atoms. The molecule has 5 N–H and O–H groups in total. The Hall–Kier alpha value is -0.810. The summed E-state index contributed by atoms with van der Waals surface area (Å²) in [5, 5.41) is 51.5. The summed E-state index contributed by atoms with van der Waals surface area (Å²) in [6.07, 6.45) is -3.27. The minimum Gasteiger partial charge on any atom is -0.455 e. The predicted molar refractivity (Wildman–Crippen MR) is 118 cm³/mol. The second-order valence-electron chi connectivity index (χ2n) is 12.5. The van der Waals surface area contributed by atoms with Gasteiger partial charge in [-0.1, -0.05) is 20.8 Å². The molecule has 3 aliphatic carbocycles. The Labute approximate surface area is 200 Å². The molecule has 12 unspecified atom stereocenters. The van der Waals surface area contributed by atoms with Gasteiger partial charge in [-0.15, -0.1) is 0 Å². The first-order valence-electron chi connectivity index (χ1n) is 12.7. The highest BCUT2D eigenvalue weighted by atomic mass is 16.7. The minimum atomic E-state index is -1.47. The molecule has 0 aromatic heterocycles. The highest BCUT2D eigenvalue weighted by molar-refractivity contribution is 5.81. The first-order valence-corrected chi connectivity index (χ1v) is 12.7. The van der Waals surface area contributed by atoms with E-state index in [1.54, 1.807) is 0 Å². The van der Waals surface area contributed by atoms with Crippen LogP contribution in [0.15, 0.2) is 0 Å². The molecule has 0 radical (unpaired) electrons. The lowest BCUT2D eigenvalue weighted by atomic mass is 9.41. The van der Waals surface area contributed by atoms with Gasteiger partial charge in [-0.25, -0.2) is 0 Å². The van der Waals surface area contributed by atoms with Crippen LogP contribution in [0.3, 0.4) is 0 Å². The zero-order valence-electron chi connectivity index (χ0n) is 20.5. The molecular weight excluding hydrogens is 444 g/mol. The summed E-state index contributed by atoms with van der Waals surface area (Å²) in [5.74, 6) is -0.000624. The third kappa shape index (κ3) is 3.07. The molecule has 5 rings (SSSR count). The Morgan fingerprint density at radius 3 is 2.26 bits per heavy atom. The number of hydrogen-bond donors (Lipinski definition) is 5. The minimum absolute atomic E-state index is 0.0563. The smallest absolute Gasteiger partial charge is 0.315 e. The number of rotatable bonds is 3. The Balaban J connectivity index is 1.38. The second kappa shape index (κ2) is 7.84. The number of hydrogen-bond acceptors (Lipinski definition) is 9. The fraction of sp³-hybridized carbons (Fsp3) is 0.960. The van der Waals surface area contributed by atoms with Crippen molar-refractivity contribution in [3.05, 3.63) is 0 Å². The summed E-state index contributed by atoms with van der Waals surface area (Å²) in [5.41, 5.74) is -2.14. The van der Waals surface area contributed by atoms with Crippen LogP contribution >= 0.6 is 0 Å². The van der Waals surface area contributed by atoms with Gasteiger partial charge in [-0.2, -0.15) is 0 Å². The van der Waals surface area contributed by atoms with Crippen LogP contribution in [0.1, 0.15) is 66.2 Å². The van der Waals surface area contributed by atoms with E-state index >= 15 is 0 Å². The van der Waals surface area contributed by atoms with Crippen LogP contribution in [-0.4, -0.2) is 86.6 Å². The molecule has 34 heavy (non-hydrogen) atoms. The van der Waals surface area contributed by atoms with E-state index in [0.29, 0.717) is 19.3 Å². The van der Waals surface area contributed by atoms with Crippen LogP contribution in [0.4, 0.5) is 0 Å². The average molecular weight is 485 g/mol. The molecule has 194 valence electrons. The SMILES string of the molecule is CC12CCC3C4(C)CCC(OC5OC(CO)C(O)C(O)C5O)C(C)(C)C4CCC3(OC1=O)C2O. The van der Waals surface area contributed by atoms with Crippen molar-refractivity contribution in [3.8, 4) is 0 Å². The largest absolute Gasteiger partial charge is 0.455 e. The number of esters is 1. The zero-order chi connectivity index (χ0) is 24.8. The maximum Gasteiger partial charge on any atom is 0.315 e. The molecule has 5 fully saturated rings. The monoisotopic (exact) mass is 484 g/mol. The summed E-state index contributed by atoms with van der Waals surface area (Å²) in [7, 11) is 0. The summed E-state index contributed by atoms with van der Waals surface area (Å²) < 4.78 is 17.9. The van der Waals surface area contributed by atoms with Crippen LogP contribution in [0.2, 0.25) is 0 Å². The fourth-order valence-corrected chi connectivity index (χ4v) is 8.57. The topological polar surface area (TPSA) is 146 Å². The number of fused-ring (bicyclic) bond motifs is 3. The van der Waals surface area contributed by atoms with Gasteiger partial charge in [-0.3, -0.25) is 4.79 Å². The molecule has 2 bridgehead atoms. The van der Waals surface area contributed by atoms with E-state index in [-0.39, 0.29) is 34.7 Å². The number of carbonyl (C=O) groups excluding carboxylic acids is 1. The zero-order valence-corrected chi connectivity index (χ0v) is 20.5. The molecule has 2 saturated heterocycles. The Kier molecular flexibility index (Phi) is 5.74. The Morgan fingerprint density at radius 1 is 0.912 bits per heavy atom. The number of aliphatic hydroxyl groups is 5. The van der Waals surface area contributed by atoms with Gasteiger partial charge < -0.3 is 39.7 Å². The van der Waals surface area contributed by atoms with Crippen molar-refractivity contribution in [2.45, 2.75) is 115 Å². The normalized spacial score (nSPS) is 56.4. The first-order chi connectivity index (χ1) is 15.8. The lowest BCUT2D eigenvalue weighted by molar-refractivity contribution is -0.331. The van der Waals surface area contributed by atoms with Crippen molar-refractivity contribution in [2.75, 3.05) is 6.61 Å². The molecule has 0 aromatic rings. The molecule has 2 heterocycles. The second-order valence-corrected chi connectivity index (χ2v) is 12.5. The summed E-state index contributed by atoms with van der Waals surface area (Å²) in [6, 6.07) is 0. The summed E-state index contributed by atoms with van der Waals surface area (Å²) in [6.45, 7) is 7.88. The van der Waals surface area contributed by atoms with E-state index in [2.05, 4.69) is 20.8 Å². The van der Waals surface area contributed by atoms with E-state index in [4.69, 9.17) is 14.2 Å². The number of ether oxygens (including phenoxy) is 3. The number of aliphatic hydroxyl groups excluding tert-OH is 5. The van der Waals surface area contributed by atoms with Gasteiger partial charge in [0.05, 0.1) is 18.1 Å². The van der Waals surface area contributed by atoms with Crippen LogP contribution < -0.4 is 0 Å². The van der Waals surface area contributed by atoms with Gasteiger partial charge >= 0.3 is 5.97 Å². The van der Waals surface area contributed by atoms with Gasteiger partial charge in [0, 0.05) is 5.92 Å². The lowest BCUT2D eigenvalue weighted by Crippen LogP contribution is -2.67.